The van der Waals surface area contributed by atoms with E-state index < -0.39 is 11.0 Å². The molecule has 1 atom stereocenters. The molecular formula is C21H27NO3S. The number of rotatable bonds is 6. The normalized spacial score (nSPS) is 16.0. The zero-order valence-corrected chi connectivity index (χ0v) is 16.8. The molecule has 1 fully saturated rings. The summed E-state index contributed by atoms with van der Waals surface area (Å²) in [5, 5.41) is 0. The molecular weight excluding hydrogens is 346 g/mol. The minimum atomic E-state index is -1.16. The van der Waals surface area contributed by atoms with E-state index in [2.05, 4.69) is 24.2 Å². The van der Waals surface area contributed by atoms with E-state index in [-0.39, 0.29) is 0 Å². The van der Waals surface area contributed by atoms with Gasteiger partial charge in [0.1, 0.15) is 22.5 Å². The van der Waals surface area contributed by atoms with Crippen LogP contribution in [0.3, 0.4) is 0 Å². The number of hydrogen-bond acceptors (Lipinski definition) is 3. The van der Waals surface area contributed by atoms with Gasteiger partial charge in [0.05, 0.1) is 19.1 Å². The second-order valence-electron chi connectivity index (χ2n) is 6.83. The summed E-state index contributed by atoms with van der Waals surface area (Å²) < 4.78 is 26.4. The first-order chi connectivity index (χ1) is 12.6. The number of benzene rings is 2. The molecule has 0 bridgehead atoms. The van der Waals surface area contributed by atoms with Gasteiger partial charge in [-0.3, -0.25) is 0 Å². The quantitative estimate of drug-likeness (QED) is 0.742. The summed E-state index contributed by atoms with van der Waals surface area (Å²) in [7, 11) is 2.18. The number of ether oxygens (including phenoxy) is 2. The van der Waals surface area contributed by atoms with E-state index in [1.54, 1.807) is 14.2 Å². The molecule has 3 rings (SSSR count). The van der Waals surface area contributed by atoms with Crippen molar-refractivity contribution >= 4 is 11.0 Å². The molecule has 26 heavy (non-hydrogen) atoms. The van der Waals surface area contributed by atoms with Crippen LogP contribution in [0.25, 0.3) is 11.1 Å². The summed E-state index contributed by atoms with van der Waals surface area (Å²) >= 11 is 0. The Morgan fingerprint density at radius 2 is 1.62 bits per heavy atom. The molecule has 1 aliphatic rings. The third-order valence-corrected chi connectivity index (χ3v) is 6.41. The summed E-state index contributed by atoms with van der Waals surface area (Å²) in [6.45, 7) is 6.06. The van der Waals surface area contributed by atoms with Gasteiger partial charge in [-0.05, 0) is 36.5 Å². The fourth-order valence-electron chi connectivity index (χ4n) is 3.42. The topological polar surface area (TPSA) is 38.8 Å². The summed E-state index contributed by atoms with van der Waals surface area (Å²) in [5.74, 6) is 1.86. The first kappa shape index (κ1) is 18.9. The molecule has 0 aromatic heterocycles. The van der Waals surface area contributed by atoms with Gasteiger partial charge in [-0.2, -0.15) is 0 Å². The van der Waals surface area contributed by atoms with Crippen molar-refractivity contribution in [1.82, 2.24) is 4.31 Å². The Hall–Kier alpha value is -1.85. The Kier molecular flexibility index (Phi) is 5.99. The van der Waals surface area contributed by atoms with Gasteiger partial charge >= 0.3 is 0 Å². The van der Waals surface area contributed by atoms with Gasteiger partial charge in [0.25, 0.3) is 0 Å². The van der Waals surface area contributed by atoms with E-state index in [0.29, 0.717) is 5.92 Å². The van der Waals surface area contributed by atoms with Gasteiger partial charge in [0.2, 0.25) is 0 Å². The highest BCUT2D eigenvalue weighted by Crippen LogP contribution is 2.41. The van der Waals surface area contributed by atoms with Crippen LogP contribution in [0.5, 0.6) is 11.5 Å². The molecule has 0 spiro atoms. The summed E-state index contributed by atoms with van der Waals surface area (Å²) in [5.41, 5.74) is 3.03. The fourth-order valence-corrected chi connectivity index (χ4v) is 4.85. The van der Waals surface area contributed by atoms with Crippen molar-refractivity contribution in [2.45, 2.75) is 37.5 Å². The molecule has 2 aromatic rings. The van der Waals surface area contributed by atoms with Crippen molar-refractivity contribution in [2.75, 3.05) is 27.3 Å². The maximum absolute atomic E-state index is 13.2. The Balaban J connectivity index is 2.14. The van der Waals surface area contributed by atoms with Crippen molar-refractivity contribution in [2.24, 2.45) is 0 Å². The SMILES string of the molecule is COc1cc(OC)c(C(C)C)cc1-c1ccccc1S(=O)N1CCCC1. The maximum atomic E-state index is 13.2. The van der Waals surface area contributed by atoms with E-state index >= 15 is 0 Å². The number of nitrogens with zero attached hydrogens (tertiary/aromatic N) is 1. The van der Waals surface area contributed by atoms with Gasteiger partial charge in [-0.25, -0.2) is 8.51 Å². The molecule has 4 nitrogen and oxygen atoms in total. The van der Waals surface area contributed by atoms with Crippen LogP contribution in [-0.4, -0.2) is 35.8 Å². The van der Waals surface area contributed by atoms with Crippen LogP contribution in [-0.2, 0) is 11.0 Å². The van der Waals surface area contributed by atoms with Crippen molar-refractivity contribution in [1.29, 1.82) is 0 Å². The monoisotopic (exact) mass is 373 g/mol. The average Bonchev–Trinajstić information content (AvgIpc) is 3.21. The van der Waals surface area contributed by atoms with Gasteiger partial charge in [-0.1, -0.05) is 32.0 Å². The van der Waals surface area contributed by atoms with E-state index in [9.17, 15) is 4.21 Å². The summed E-state index contributed by atoms with van der Waals surface area (Å²) in [6.07, 6.45) is 2.22. The Labute approximate surface area is 158 Å². The Morgan fingerprint density at radius 3 is 2.23 bits per heavy atom. The van der Waals surface area contributed by atoms with E-state index in [4.69, 9.17) is 9.47 Å². The first-order valence-electron chi connectivity index (χ1n) is 9.09. The van der Waals surface area contributed by atoms with Crippen LogP contribution in [0.2, 0.25) is 0 Å². The van der Waals surface area contributed by atoms with Crippen LogP contribution >= 0.6 is 0 Å². The minimum Gasteiger partial charge on any atom is -0.496 e. The molecule has 0 N–H and O–H groups in total. The molecule has 1 aliphatic heterocycles. The van der Waals surface area contributed by atoms with Gasteiger partial charge in [0, 0.05) is 30.3 Å². The number of methoxy groups -OCH3 is 2. The first-order valence-corrected chi connectivity index (χ1v) is 10.2. The molecule has 1 saturated heterocycles. The lowest BCUT2D eigenvalue weighted by molar-refractivity contribution is 0.390. The highest BCUT2D eigenvalue weighted by molar-refractivity contribution is 7.82. The van der Waals surface area contributed by atoms with Crippen molar-refractivity contribution in [3.63, 3.8) is 0 Å². The molecule has 140 valence electrons. The third kappa shape index (κ3) is 3.64. The lowest BCUT2D eigenvalue weighted by atomic mass is 9.95. The average molecular weight is 374 g/mol. The molecule has 5 heteroatoms. The molecule has 0 aliphatic carbocycles. The predicted molar refractivity (Wildman–Crippen MR) is 106 cm³/mol. The van der Waals surface area contributed by atoms with Crippen LogP contribution in [0.1, 0.15) is 38.2 Å². The van der Waals surface area contributed by atoms with E-state index in [1.165, 1.54) is 0 Å². The second kappa shape index (κ2) is 8.23. The second-order valence-corrected chi connectivity index (χ2v) is 8.29. The van der Waals surface area contributed by atoms with Crippen LogP contribution in [0, 0.1) is 0 Å². The fraction of sp³-hybridized carbons (Fsp3) is 0.429. The van der Waals surface area contributed by atoms with E-state index in [1.807, 2.05) is 30.3 Å². The third-order valence-electron chi connectivity index (χ3n) is 4.84. The van der Waals surface area contributed by atoms with Crippen LogP contribution in [0.4, 0.5) is 0 Å². The molecule has 0 radical (unpaired) electrons. The predicted octanol–water partition coefficient (Wildman–Crippen LogP) is 4.61. The molecule has 2 aromatic carbocycles. The lowest BCUT2D eigenvalue weighted by Gasteiger charge is -2.20. The Morgan fingerprint density at radius 1 is 0.962 bits per heavy atom. The highest BCUT2D eigenvalue weighted by Gasteiger charge is 2.24. The highest BCUT2D eigenvalue weighted by atomic mass is 32.2. The summed E-state index contributed by atoms with van der Waals surface area (Å²) in [6, 6.07) is 12.0. The zero-order valence-electron chi connectivity index (χ0n) is 16.0. The van der Waals surface area contributed by atoms with Crippen LogP contribution in [0.15, 0.2) is 41.3 Å². The van der Waals surface area contributed by atoms with Gasteiger partial charge < -0.3 is 9.47 Å². The minimum absolute atomic E-state index is 0.311. The smallest absolute Gasteiger partial charge is 0.130 e. The maximum Gasteiger partial charge on any atom is 0.130 e. The van der Waals surface area contributed by atoms with Crippen molar-refractivity contribution < 1.29 is 13.7 Å². The molecule has 0 amide bonds. The number of hydrogen-bond donors (Lipinski definition) is 0. The molecule has 0 saturated carbocycles. The van der Waals surface area contributed by atoms with E-state index in [0.717, 1.165) is 59.0 Å². The van der Waals surface area contributed by atoms with Gasteiger partial charge in [0.15, 0.2) is 0 Å². The summed E-state index contributed by atoms with van der Waals surface area (Å²) in [4.78, 5) is 0.840. The van der Waals surface area contributed by atoms with Gasteiger partial charge in [-0.15, -0.1) is 0 Å². The molecule has 1 unspecified atom stereocenters. The van der Waals surface area contributed by atoms with Crippen molar-refractivity contribution in [3.05, 3.63) is 42.0 Å². The Bertz CT molecular complexity index is 798. The van der Waals surface area contributed by atoms with Crippen LogP contribution < -0.4 is 9.47 Å². The largest absolute Gasteiger partial charge is 0.496 e. The zero-order chi connectivity index (χ0) is 18.7. The standard InChI is InChI=1S/C21H27NO3S/c1-15(2)17-13-18(20(25-4)14-19(17)24-3)16-9-5-6-10-21(16)26(23)22-11-7-8-12-22/h5-6,9-10,13-15H,7-8,11-12H2,1-4H3. The molecule has 1 heterocycles. The lowest BCUT2D eigenvalue weighted by Crippen LogP contribution is -2.22. The van der Waals surface area contributed by atoms with Crippen molar-refractivity contribution in [3.8, 4) is 22.6 Å².